The van der Waals surface area contributed by atoms with E-state index in [-0.39, 0.29) is 11.7 Å². The zero-order valence-electron chi connectivity index (χ0n) is 12.0. The number of hydrogen-bond acceptors (Lipinski definition) is 4. The number of anilines is 1. The molecule has 0 aliphatic rings. The van der Waals surface area contributed by atoms with Gasteiger partial charge in [-0.05, 0) is 83.6 Å². The molecule has 22 heavy (non-hydrogen) atoms. The van der Waals surface area contributed by atoms with Gasteiger partial charge in [0.15, 0.2) is 0 Å². The quantitative estimate of drug-likeness (QED) is 0.404. The van der Waals surface area contributed by atoms with Crippen molar-refractivity contribution in [3.05, 3.63) is 57.7 Å². The van der Waals surface area contributed by atoms with E-state index in [0.717, 1.165) is 14.8 Å². The van der Waals surface area contributed by atoms with Crippen molar-refractivity contribution in [3.63, 3.8) is 0 Å². The summed E-state index contributed by atoms with van der Waals surface area (Å²) in [6.45, 7) is 1.77. The molecule has 2 aromatic rings. The van der Waals surface area contributed by atoms with Crippen LogP contribution >= 0.6 is 22.6 Å². The summed E-state index contributed by atoms with van der Waals surface area (Å²) in [5.41, 5.74) is 4.15. The molecule has 2 aromatic carbocycles. The number of nitrogens with one attached hydrogen (secondary N) is 2. The number of halogens is 1. The van der Waals surface area contributed by atoms with Gasteiger partial charge >= 0.3 is 0 Å². The molecule has 0 saturated heterocycles. The van der Waals surface area contributed by atoms with Crippen LogP contribution in [0.4, 0.5) is 5.69 Å². The summed E-state index contributed by atoms with van der Waals surface area (Å²) in [5, 5.41) is 16.2. The van der Waals surface area contributed by atoms with Gasteiger partial charge < -0.3 is 10.4 Å². The van der Waals surface area contributed by atoms with E-state index in [2.05, 4.69) is 38.4 Å². The van der Waals surface area contributed by atoms with Gasteiger partial charge in [0.05, 0.1) is 6.21 Å². The number of hydrazone groups is 1. The molecule has 114 valence electrons. The maximum absolute atomic E-state index is 11.9. The Morgan fingerprint density at radius 3 is 2.45 bits per heavy atom. The second-order valence-electron chi connectivity index (χ2n) is 4.70. The van der Waals surface area contributed by atoms with Crippen molar-refractivity contribution in [2.75, 3.05) is 5.32 Å². The molecule has 1 unspecified atom stereocenters. The molecule has 0 radical (unpaired) electrons. The van der Waals surface area contributed by atoms with E-state index in [0.29, 0.717) is 0 Å². The summed E-state index contributed by atoms with van der Waals surface area (Å²) in [7, 11) is 0. The third-order valence-corrected chi connectivity index (χ3v) is 3.62. The first kappa shape index (κ1) is 16.3. The summed E-state index contributed by atoms with van der Waals surface area (Å²) >= 11 is 2.23. The molecule has 0 aliphatic carbocycles. The molecule has 0 saturated carbocycles. The van der Waals surface area contributed by atoms with Crippen LogP contribution in [0.5, 0.6) is 5.75 Å². The van der Waals surface area contributed by atoms with Crippen molar-refractivity contribution in [3.8, 4) is 5.75 Å². The number of phenols is 1. The van der Waals surface area contributed by atoms with Gasteiger partial charge in [0.25, 0.3) is 5.91 Å². The van der Waals surface area contributed by atoms with Crippen molar-refractivity contribution in [2.24, 2.45) is 5.10 Å². The fourth-order valence-corrected chi connectivity index (χ4v) is 2.05. The summed E-state index contributed by atoms with van der Waals surface area (Å²) < 4.78 is 1.14. The molecular formula is C16H16IN3O2. The number of rotatable bonds is 5. The molecule has 0 spiro atoms. The lowest BCUT2D eigenvalue weighted by Crippen LogP contribution is -2.34. The lowest BCUT2D eigenvalue weighted by atomic mass is 10.2. The summed E-state index contributed by atoms with van der Waals surface area (Å²) in [6, 6.07) is 13.9. The molecular weight excluding hydrogens is 393 g/mol. The van der Waals surface area contributed by atoms with Crippen LogP contribution < -0.4 is 10.7 Å². The van der Waals surface area contributed by atoms with Crippen molar-refractivity contribution in [1.29, 1.82) is 0 Å². The molecule has 0 bridgehead atoms. The van der Waals surface area contributed by atoms with Crippen LogP contribution in [0.25, 0.3) is 0 Å². The van der Waals surface area contributed by atoms with Gasteiger partial charge in [0.1, 0.15) is 11.8 Å². The van der Waals surface area contributed by atoms with Crippen molar-refractivity contribution in [1.82, 2.24) is 5.43 Å². The lowest BCUT2D eigenvalue weighted by molar-refractivity contribution is -0.121. The van der Waals surface area contributed by atoms with Crippen LogP contribution in [0.15, 0.2) is 53.6 Å². The molecule has 3 N–H and O–H groups in total. The van der Waals surface area contributed by atoms with Crippen LogP contribution in [-0.2, 0) is 4.79 Å². The van der Waals surface area contributed by atoms with Gasteiger partial charge in [-0.2, -0.15) is 5.10 Å². The van der Waals surface area contributed by atoms with E-state index >= 15 is 0 Å². The van der Waals surface area contributed by atoms with E-state index in [9.17, 15) is 9.90 Å². The Kier molecular flexibility index (Phi) is 5.76. The van der Waals surface area contributed by atoms with Gasteiger partial charge in [-0.1, -0.05) is 0 Å². The molecule has 5 nitrogen and oxygen atoms in total. The van der Waals surface area contributed by atoms with Crippen molar-refractivity contribution < 1.29 is 9.90 Å². The lowest BCUT2D eigenvalue weighted by Gasteiger charge is -2.13. The molecule has 0 aliphatic heterocycles. The Balaban J connectivity index is 1.85. The predicted octanol–water partition coefficient (Wildman–Crippen LogP) is 2.95. The number of carbonyl (C=O) groups is 1. The summed E-state index contributed by atoms with van der Waals surface area (Å²) in [6.07, 6.45) is 1.52. The molecule has 0 heterocycles. The van der Waals surface area contributed by atoms with Crippen LogP contribution in [-0.4, -0.2) is 23.3 Å². The third-order valence-electron chi connectivity index (χ3n) is 2.90. The standard InChI is InChI=1S/C16H16IN3O2/c1-11(19-14-6-4-13(17)5-7-14)16(22)20-18-10-12-2-8-15(21)9-3-12/h2-11,19,21H,1H3,(H,20,22)/b18-10+. The highest BCUT2D eigenvalue weighted by Crippen LogP contribution is 2.12. The Morgan fingerprint density at radius 1 is 1.18 bits per heavy atom. The zero-order chi connectivity index (χ0) is 15.9. The van der Waals surface area contributed by atoms with Crippen LogP contribution in [0.1, 0.15) is 12.5 Å². The van der Waals surface area contributed by atoms with Gasteiger partial charge in [-0.15, -0.1) is 0 Å². The zero-order valence-corrected chi connectivity index (χ0v) is 14.1. The fourth-order valence-electron chi connectivity index (χ4n) is 1.69. The molecule has 1 atom stereocenters. The number of carbonyl (C=O) groups excluding carboxylic acids is 1. The maximum atomic E-state index is 11.9. The third kappa shape index (κ3) is 5.03. The summed E-state index contributed by atoms with van der Waals surface area (Å²) in [4.78, 5) is 11.9. The second kappa shape index (κ2) is 7.79. The van der Waals surface area contributed by atoms with Crippen LogP contribution in [0, 0.1) is 3.57 Å². The van der Waals surface area contributed by atoms with Gasteiger partial charge in [0, 0.05) is 9.26 Å². The van der Waals surface area contributed by atoms with Gasteiger partial charge in [-0.3, -0.25) is 4.79 Å². The number of aromatic hydroxyl groups is 1. The van der Waals surface area contributed by atoms with E-state index in [1.807, 2.05) is 24.3 Å². The second-order valence-corrected chi connectivity index (χ2v) is 5.94. The highest BCUT2D eigenvalue weighted by Gasteiger charge is 2.11. The van der Waals surface area contributed by atoms with Crippen molar-refractivity contribution >= 4 is 40.4 Å². The van der Waals surface area contributed by atoms with E-state index < -0.39 is 6.04 Å². The number of amides is 1. The molecule has 2 rings (SSSR count). The Morgan fingerprint density at radius 2 is 1.82 bits per heavy atom. The van der Waals surface area contributed by atoms with Crippen LogP contribution in [0.2, 0.25) is 0 Å². The number of nitrogens with zero attached hydrogens (tertiary/aromatic N) is 1. The highest BCUT2D eigenvalue weighted by atomic mass is 127. The average Bonchev–Trinajstić information content (AvgIpc) is 2.51. The Labute approximate surface area is 142 Å². The highest BCUT2D eigenvalue weighted by molar-refractivity contribution is 14.1. The minimum atomic E-state index is -0.406. The SMILES string of the molecule is CC(Nc1ccc(I)cc1)C(=O)N/N=C/c1ccc(O)cc1. The monoisotopic (exact) mass is 409 g/mol. The normalized spacial score (nSPS) is 12.1. The number of hydrogen-bond donors (Lipinski definition) is 3. The van der Waals surface area contributed by atoms with E-state index in [1.54, 1.807) is 31.2 Å². The first-order valence-electron chi connectivity index (χ1n) is 6.68. The van der Waals surface area contributed by atoms with E-state index in [1.165, 1.54) is 6.21 Å². The fraction of sp³-hybridized carbons (Fsp3) is 0.125. The smallest absolute Gasteiger partial charge is 0.262 e. The molecule has 0 fully saturated rings. The Bertz CT molecular complexity index is 654. The summed E-state index contributed by atoms with van der Waals surface area (Å²) in [5.74, 6) is -0.0369. The van der Waals surface area contributed by atoms with Gasteiger partial charge in [-0.25, -0.2) is 5.43 Å². The van der Waals surface area contributed by atoms with E-state index in [4.69, 9.17) is 0 Å². The van der Waals surface area contributed by atoms with Gasteiger partial charge in [0.2, 0.25) is 0 Å². The number of phenolic OH excluding ortho intramolecular Hbond substituents is 1. The first-order chi connectivity index (χ1) is 10.5. The molecule has 6 heteroatoms. The van der Waals surface area contributed by atoms with Crippen molar-refractivity contribution in [2.45, 2.75) is 13.0 Å². The average molecular weight is 409 g/mol. The largest absolute Gasteiger partial charge is 0.508 e. The van der Waals surface area contributed by atoms with Crippen LogP contribution in [0.3, 0.4) is 0 Å². The first-order valence-corrected chi connectivity index (χ1v) is 7.76. The Hall–Kier alpha value is -2.09. The molecule has 1 amide bonds. The number of benzene rings is 2. The minimum Gasteiger partial charge on any atom is -0.508 e. The predicted molar refractivity (Wildman–Crippen MR) is 96.1 cm³/mol. The minimum absolute atomic E-state index is 0.191. The maximum Gasteiger partial charge on any atom is 0.262 e. The molecule has 0 aromatic heterocycles. The topological polar surface area (TPSA) is 73.7 Å².